The van der Waals surface area contributed by atoms with E-state index in [9.17, 15) is 0 Å². The van der Waals surface area contributed by atoms with E-state index in [1.54, 1.807) is 0 Å². The fourth-order valence-corrected chi connectivity index (χ4v) is 2.89. The van der Waals surface area contributed by atoms with Crippen LogP contribution >= 0.6 is 0 Å². The quantitative estimate of drug-likeness (QED) is 0.737. The minimum atomic E-state index is 0.545. The van der Waals surface area contributed by atoms with E-state index in [1.165, 1.54) is 44.9 Å². The van der Waals surface area contributed by atoms with Crippen LogP contribution in [0.2, 0.25) is 0 Å². The van der Waals surface area contributed by atoms with Gasteiger partial charge in [-0.15, -0.1) is 0 Å². The largest absolute Gasteiger partial charge is 0.383 e. The van der Waals surface area contributed by atoms with E-state index >= 15 is 0 Å². The topological polar surface area (TPSA) is 24.5 Å². The van der Waals surface area contributed by atoms with Crippen molar-refractivity contribution in [2.24, 2.45) is 0 Å². The van der Waals surface area contributed by atoms with Gasteiger partial charge in [0.15, 0.2) is 0 Å². The van der Waals surface area contributed by atoms with E-state index < -0.39 is 0 Å². The van der Waals surface area contributed by atoms with Crippen LogP contribution in [0.3, 0.4) is 0 Å². The van der Waals surface area contributed by atoms with Gasteiger partial charge >= 0.3 is 0 Å². The van der Waals surface area contributed by atoms with Gasteiger partial charge in [-0.3, -0.25) is 4.90 Å². The number of methoxy groups -OCH3 is 1. The van der Waals surface area contributed by atoms with Crippen LogP contribution in [-0.2, 0) is 4.74 Å². The summed E-state index contributed by atoms with van der Waals surface area (Å²) in [6.45, 7) is 1.94. The first-order valence-electron chi connectivity index (χ1n) is 7.25. The van der Waals surface area contributed by atoms with Gasteiger partial charge in [0.05, 0.1) is 6.61 Å². The van der Waals surface area contributed by atoms with Crippen LogP contribution in [0.4, 0.5) is 0 Å². The predicted octanol–water partition coefficient (Wildman–Crippen LogP) is 2.02. The van der Waals surface area contributed by atoms with Crippen molar-refractivity contribution in [2.45, 2.75) is 63.1 Å². The predicted molar refractivity (Wildman–Crippen MR) is 71.3 cm³/mol. The molecule has 1 unspecified atom stereocenters. The Morgan fingerprint density at radius 3 is 2.47 bits per heavy atom. The molecule has 2 saturated carbocycles. The van der Waals surface area contributed by atoms with Crippen LogP contribution in [0, 0.1) is 0 Å². The van der Waals surface area contributed by atoms with Gasteiger partial charge in [-0.2, -0.15) is 0 Å². The van der Waals surface area contributed by atoms with E-state index in [1.807, 2.05) is 7.11 Å². The molecule has 0 bridgehead atoms. The highest BCUT2D eigenvalue weighted by molar-refractivity contribution is 4.86. The van der Waals surface area contributed by atoms with Crippen LogP contribution in [0.15, 0.2) is 0 Å². The summed E-state index contributed by atoms with van der Waals surface area (Å²) in [5.74, 6) is 0. The summed E-state index contributed by atoms with van der Waals surface area (Å²) in [6, 6.07) is 2.13. The van der Waals surface area contributed by atoms with Gasteiger partial charge in [0.1, 0.15) is 0 Å². The molecule has 100 valence electrons. The van der Waals surface area contributed by atoms with Gasteiger partial charge in [-0.25, -0.2) is 0 Å². The molecule has 0 amide bonds. The maximum absolute atomic E-state index is 5.39. The molecule has 0 aromatic heterocycles. The summed E-state index contributed by atoms with van der Waals surface area (Å²) in [5.41, 5.74) is 0. The smallest absolute Gasteiger partial charge is 0.0630 e. The molecule has 3 heteroatoms. The highest BCUT2D eigenvalue weighted by Crippen LogP contribution is 2.23. The molecule has 0 heterocycles. The fraction of sp³-hybridized carbons (Fsp3) is 1.00. The molecule has 0 saturated heterocycles. The molecular formula is C14H28N2O. The summed E-state index contributed by atoms with van der Waals surface area (Å²) in [4.78, 5) is 2.57. The lowest BCUT2D eigenvalue weighted by Gasteiger charge is -2.37. The normalized spacial score (nSPS) is 24.2. The first-order chi connectivity index (χ1) is 8.31. The Bertz CT molecular complexity index is 212. The van der Waals surface area contributed by atoms with Gasteiger partial charge in [0.25, 0.3) is 0 Å². The van der Waals surface area contributed by atoms with E-state index in [4.69, 9.17) is 4.74 Å². The number of nitrogens with one attached hydrogen (secondary N) is 1. The number of likely N-dealkylation sites (N-methyl/N-ethyl adjacent to an activating group) is 1. The van der Waals surface area contributed by atoms with Gasteiger partial charge in [0, 0.05) is 31.8 Å². The van der Waals surface area contributed by atoms with E-state index in [0.29, 0.717) is 6.04 Å². The van der Waals surface area contributed by atoms with Crippen molar-refractivity contribution in [1.82, 2.24) is 10.2 Å². The molecule has 0 aromatic carbocycles. The minimum absolute atomic E-state index is 0.545. The average molecular weight is 240 g/mol. The molecule has 0 spiro atoms. The fourth-order valence-electron chi connectivity index (χ4n) is 2.89. The summed E-state index contributed by atoms with van der Waals surface area (Å²) in [5, 5.41) is 3.64. The summed E-state index contributed by atoms with van der Waals surface area (Å²) < 4.78 is 5.39. The van der Waals surface area contributed by atoms with Crippen molar-refractivity contribution < 1.29 is 4.74 Å². The molecule has 2 aliphatic carbocycles. The van der Waals surface area contributed by atoms with Crippen LogP contribution in [0.1, 0.15) is 44.9 Å². The van der Waals surface area contributed by atoms with Crippen molar-refractivity contribution in [3.05, 3.63) is 0 Å². The maximum Gasteiger partial charge on any atom is 0.0630 e. The second-order valence-electron chi connectivity index (χ2n) is 5.75. The van der Waals surface area contributed by atoms with Crippen LogP contribution in [0.25, 0.3) is 0 Å². The van der Waals surface area contributed by atoms with Gasteiger partial charge in [0.2, 0.25) is 0 Å². The lowest BCUT2D eigenvalue weighted by atomic mass is 9.93. The second kappa shape index (κ2) is 6.72. The van der Waals surface area contributed by atoms with Crippen molar-refractivity contribution >= 4 is 0 Å². The molecule has 3 nitrogen and oxygen atoms in total. The number of rotatable bonds is 7. The Hall–Kier alpha value is -0.120. The Morgan fingerprint density at radius 2 is 1.88 bits per heavy atom. The minimum Gasteiger partial charge on any atom is -0.383 e. The van der Waals surface area contributed by atoms with Gasteiger partial charge < -0.3 is 10.1 Å². The monoisotopic (exact) mass is 240 g/mol. The van der Waals surface area contributed by atoms with Crippen molar-refractivity contribution in [3.8, 4) is 0 Å². The average Bonchev–Trinajstić information content (AvgIpc) is 3.19. The molecule has 0 aliphatic heterocycles. The molecule has 1 N–H and O–H groups in total. The Labute approximate surface area is 106 Å². The third-order valence-electron chi connectivity index (χ3n) is 4.31. The third-order valence-corrected chi connectivity index (χ3v) is 4.31. The van der Waals surface area contributed by atoms with Crippen LogP contribution in [0.5, 0.6) is 0 Å². The van der Waals surface area contributed by atoms with Crippen molar-refractivity contribution in [3.63, 3.8) is 0 Å². The van der Waals surface area contributed by atoms with E-state index in [0.717, 1.165) is 25.2 Å². The Balaban J connectivity index is 1.78. The second-order valence-corrected chi connectivity index (χ2v) is 5.75. The van der Waals surface area contributed by atoms with Gasteiger partial charge in [-0.05, 0) is 32.7 Å². The molecular weight excluding hydrogens is 212 g/mol. The lowest BCUT2D eigenvalue weighted by Crippen LogP contribution is -2.48. The van der Waals surface area contributed by atoms with Crippen LogP contribution in [-0.4, -0.2) is 50.3 Å². The molecule has 17 heavy (non-hydrogen) atoms. The standard InChI is InChI=1S/C14H28N2O/c1-16(13-6-4-3-5-7-13)14(11-17-2)10-15-12-8-9-12/h12-15H,3-11H2,1-2H3. The summed E-state index contributed by atoms with van der Waals surface area (Å²) in [7, 11) is 4.10. The highest BCUT2D eigenvalue weighted by Gasteiger charge is 2.27. The maximum atomic E-state index is 5.39. The first-order valence-corrected chi connectivity index (χ1v) is 7.25. The zero-order valence-corrected chi connectivity index (χ0v) is 11.5. The first kappa shape index (κ1) is 13.3. The van der Waals surface area contributed by atoms with Crippen molar-refractivity contribution in [1.29, 1.82) is 0 Å². The van der Waals surface area contributed by atoms with Crippen LogP contribution < -0.4 is 5.32 Å². The Morgan fingerprint density at radius 1 is 1.18 bits per heavy atom. The number of hydrogen-bond acceptors (Lipinski definition) is 3. The molecule has 2 aliphatic rings. The molecule has 2 rings (SSSR count). The number of ether oxygens (including phenoxy) is 1. The number of nitrogens with zero attached hydrogens (tertiary/aromatic N) is 1. The zero-order valence-electron chi connectivity index (χ0n) is 11.5. The van der Waals surface area contributed by atoms with Gasteiger partial charge in [-0.1, -0.05) is 19.3 Å². The van der Waals surface area contributed by atoms with E-state index in [2.05, 4.69) is 17.3 Å². The molecule has 2 fully saturated rings. The highest BCUT2D eigenvalue weighted by atomic mass is 16.5. The molecule has 1 atom stereocenters. The summed E-state index contributed by atoms with van der Waals surface area (Å²) in [6.07, 6.45) is 9.73. The Kier molecular flexibility index (Phi) is 5.26. The third kappa shape index (κ3) is 4.23. The number of hydrogen-bond donors (Lipinski definition) is 1. The zero-order chi connectivity index (χ0) is 12.1. The molecule has 0 aromatic rings. The molecule has 0 radical (unpaired) electrons. The lowest BCUT2D eigenvalue weighted by molar-refractivity contribution is 0.0662. The van der Waals surface area contributed by atoms with E-state index in [-0.39, 0.29) is 0 Å². The summed E-state index contributed by atoms with van der Waals surface area (Å²) >= 11 is 0. The van der Waals surface area contributed by atoms with Crippen molar-refractivity contribution in [2.75, 3.05) is 27.3 Å². The SMILES string of the molecule is COCC(CNC1CC1)N(C)C1CCCCC1.